The van der Waals surface area contributed by atoms with Gasteiger partial charge in [-0.2, -0.15) is 0 Å². The first-order chi connectivity index (χ1) is 15.3. The van der Waals surface area contributed by atoms with Crippen molar-refractivity contribution < 1.29 is 19.1 Å². The largest absolute Gasteiger partial charge is 0.483 e. The van der Waals surface area contributed by atoms with E-state index in [4.69, 9.17) is 9.47 Å². The molecule has 1 aromatic carbocycles. The number of rotatable bonds is 9. The van der Waals surface area contributed by atoms with Crippen molar-refractivity contribution >= 4 is 40.1 Å². The van der Waals surface area contributed by atoms with Crippen LogP contribution in [0.4, 0.5) is 5.13 Å². The van der Waals surface area contributed by atoms with E-state index in [1.807, 2.05) is 49.7 Å². The number of hydrogen-bond donors (Lipinski definition) is 1. The summed E-state index contributed by atoms with van der Waals surface area (Å²) in [5, 5.41) is 12.1. The van der Waals surface area contributed by atoms with Gasteiger partial charge < -0.3 is 19.4 Å². The quantitative estimate of drug-likeness (QED) is 0.366. The summed E-state index contributed by atoms with van der Waals surface area (Å²) in [4.78, 5) is 28.9. The van der Waals surface area contributed by atoms with Crippen molar-refractivity contribution in [1.29, 1.82) is 0 Å². The zero-order chi connectivity index (χ0) is 23.3. The zero-order valence-corrected chi connectivity index (χ0v) is 20.2. The lowest BCUT2D eigenvalue weighted by atomic mass is 10.2. The van der Waals surface area contributed by atoms with Gasteiger partial charge in [0, 0.05) is 7.05 Å². The third-order valence-electron chi connectivity index (χ3n) is 4.37. The summed E-state index contributed by atoms with van der Waals surface area (Å²) < 4.78 is 12.8. The van der Waals surface area contributed by atoms with Crippen LogP contribution in [-0.4, -0.2) is 44.0 Å². The maximum atomic E-state index is 12.4. The SMILES string of the molecule is CCOC(=O)c1sc(NC(=O)CSc2nnc(C(C)Oc3cccc(C)c3)n2C)nc1C. The van der Waals surface area contributed by atoms with Crippen molar-refractivity contribution in [3.05, 3.63) is 46.2 Å². The molecule has 1 amide bonds. The van der Waals surface area contributed by atoms with Crippen LogP contribution >= 0.6 is 23.1 Å². The number of nitrogens with one attached hydrogen (secondary N) is 1. The number of esters is 1. The molecule has 1 atom stereocenters. The van der Waals surface area contributed by atoms with Gasteiger partial charge in [-0.15, -0.1) is 10.2 Å². The number of carbonyl (C=O) groups excluding carboxylic acids is 2. The second-order valence-corrected chi connectivity index (χ2v) is 8.91. The summed E-state index contributed by atoms with van der Waals surface area (Å²) in [6, 6.07) is 7.80. The lowest BCUT2D eigenvalue weighted by molar-refractivity contribution is -0.113. The van der Waals surface area contributed by atoms with Crippen LogP contribution in [0.2, 0.25) is 0 Å². The molecule has 3 rings (SSSR count). The Hall–Kier alpha value is -2.92. The Morgan fingerprint density at radius 3 is 2.78 bits per heavy atom. The van der Waals surface area contributed by atoms with Crippen molar-refractivity contribution in [2.45, 2.75) is 39.0 Å². The molecule has 0 bridgehead atoms. The van der Waals surface area contributed by atoms with E-state index in [0.29, 0.717) is 26.7 Å². The predicted octanol–water partition coefficient (Wildman–Crippen LogP) is 3.94. The van der Waals surface area contributed by atoms with E-state index in [9.17, 15) is 9.59 Å². The Morgan fingerprint density at radius 2 is 2.06 bits per heavy atom. The van der Waals surface area contributed by atoms with Gasteiger partial charge in [0.2, 0.25) is 5.91 Å². The first-order valence-electron chi connectivity index (χ1n) is 9.98. The summed E-state index contributed by atoms with van der Waals surface area (Å²) in [6.07, 6.45) is -0.308. The maximum absolute atomic E-state index is 12.4. The highest BCUT2D eigenvalue weighted by molar-refractivity contribution is 7.99. The first-order valence-corrected chi connectivity index (χ1v) is 11.8. The third-order valence-corrected chi connectivity index (χ3v) is 6.44. The summed E-state index contributed by atoms with van der Waals surface area (Å²) in [5.74, 6) is 0.838. The number of thioether (sulfide) groups is 1. The highest BCUT2D eigenvalue weighted by Crippen LogP contribution is 2.26. The van der Waals surface area contributed by atoms with E-state index in [-0.39, 0.29) is 24.4 Å². The van der Waals surface area contributed by atoms with Crippen LogP contribution < -0.4 is 10.1 Å². The van der Waals surface area contributed by atoms with Crippen LogP contribution in [0.1, 0.15) is 46.7 Å². The van der Waals surface area contributed by atoms with Gasteiger partial charge in [-0.1, -0.05) is 35.2 Å². The summed E-state index contributed by atoms with van der Waals surface area (Å²) in [7, 11) is 1.83. The fraction of sp³-hybridized carbons (Fsp3) is 0.381. The Kier molecular flexibility index (Phi) is 7.86. The molecular weight excluding hydrogens is 450 g/mol. The molecule has 1 N–H and O–H groups in total. The molecular formula is C21H25N5O4S2. The Labute approximate surface area is 194 Å². The number of ether oxygens (including phenoxy) is 2. The fourth-order valence-corrected chi connectivity index (χ4v) is 4.47. The normalized spacial score (nSPS) is 11.8. The molecule has 2 heterocycles. The molecule has 11 heteroatoms. The Bertz CT molecular complexity index is 1110. The van der Waals surface area contributed by atoms with Crippen molar-refractivity contribution in [2.24, 2.45) is 7.05 Å². The van der Waals surface area contributed by atoms with Gasteiger partial charge in [0.25, 0.3) is 0 Å². The van der Waals surface area contributed by atoms with Gasteiger partial charge in [-0.05, 0) is 45.4 Å². The topological polar surface area (TPSA) is 108 Å². The number of thiazole rings is 1. The average Bonchev–Trinajstić information content (AvgIpc) is 3.28. The molecule has 0 saturated carbocycles. The molecule has 0 aliphatic carbocycles. The fourth-order valence-electron chi connectivity index (χ4n) is 2.87. The maximum Gasteiger partial charge on any atom is 0.350 e. The van der Waals surface area contributed by atoms with Crippen LogP contribution in [0, 0.1) is 13.8 Å². The number of aryl methyl sites for hydroxylation is 2. The summed E-state index contributed by atoms with van der Waals surface area (Å²) in [5.41, 5.74) is 1.64. The van der Waals surface area contributed by atoms with E-state index in [0.717, 1.165) is 22.6 Å². The highest BCUT2D eigenvalue weighted by Gasteiger charge is 2.20. The van der Waals surface area contributed by atoms with Gasteiger partial charge in [0.15, 0.2) is 22.2 Å². The van der Waals surface area contributed by atoms with Gasteiger partial charge in [-0.3, -0.25) is 4.79 Å². The average molecular weight is 476 g/mol. The van der Waals surface area contributed by atoms with Crippen LogP contribution in [0.25, 0.3) is 0 Å². The second kappa shape index (κ2) is 10.6. The number of carbonyl (C=O) groups is 2. The monoisotopic (exact) mass is 475 g/mol. The molecule has 32 heavy (non-hydrogen) atoms. The van der Waals surface area contributed by atoms with Gasteiger partial charge in [-0.25, -0.2) is 9.78 Å². The first kappa shape index (κ1) is 23.7. The number of hydrogen-bond acceptors (Lipinski definition) is 9. The molecule has 2 aromatic heterocycles. The number of aromatic nitrogens is 4. The summed E-state index contributed by atoms with van der Waals surface area (Å²) in [6.45, 7) is 7.63. The minimum Gasteiger partial charge on any atom is -0.483 e. The lowest BCUT2D eigenvalue weighted by Gasteiger charge is -2.14. The van der Waals surface area contributed by atoms with Gasteiger partial charge >= 0.3 is 5.97 Å². The number of benzene rings is 1. The molecule has 0 radical (unpaired) electrons. The van der Waals surface area contributed by atoms with Crippen LogP contribution in [0.15, 0.2) is 29.4 Å². The van der Waals surface area contributed by atoms with Crippen molar-refractivity contribution in [1.82, 2.24) is 19.7 Å². The number of nitrogens with zero attached hydrogens (tertiary/aromatic N) is 4. The molecule has 0 aliphatic heterocycles. The number of anilines is 1. The van der Waals surface area contributed by atoms with E-state index < -0.39 is 5.97 Å². The lowest BCUT2D eigenvalue weighted by Crippen LogP contribution is -2.14. The molecule has 0 aliphatic rings. The van der Waals surface area contributed by atoms with Crippen molar-refractivity contribution in [2.75, 3.05) is 17.7 Å². The molecule has 0 spiro atoms. The van der Waals surface area contributed by atoms with E-state index >= 15 is 0 Å². The molecule has 3 aromatic rings. The van der Waals surface area contributed by atoms with Crippen LogP contribution in [0.3, 0.4) is 0 Å². The molecule has 0 saturated heterocycles. The zero-order valence-electron chi connectivity index (χ0n) is 18.5. The standard InChI is InChI=1S/C21H25N5O4S2/c1-6-29-19(28)17-13(3)22-20(32-17)23-16(27)11-31-21-25-24-18(26(21)5)14(4)30-15-9-7-8-12(2)10-15/h7-10,14H,6,11H2,1-5H3,(H,22,23,27). The molecule has 0 fully saturated rings. The van der Waals surface area contributed by atoms with Gasteiger partial charge in [0.05, 0.1) is 18.1 Å². The molecule has 1 unspecified atom stereocenters. The molecule has 170 valence electrons. The van der Waals surface area contributed by atoms with E-state index in [2.05, 4.69) is 20.5 Å². The molecule has 9 nitrogen and oxygen atoms in total. The van der Waals surface area contributed by atoms with Gasteiger partial charge in [0.1, 0.15) is 10.6 Å². The minimum atomic E-state index is -0.439. The van der Waals surface area contributed by atoms with Crippen molar-refractivity contribution in [3.63, 3.8) is 0 Å². The van der Waals surface area contributed by atoms with E-state index in [1.165, 1.54) is 11.8 Å². The highest BCUT2D eigenvalue weighted by atomic mass is 32.2. The van der Waals surface area contributed by atoms with Crippen LogP contribution in [-0.2, 0) is 16.6 Å². The third kappa shape index (κ3) is 5.86. The van der Waals surface area contributed by atoms with E-state index in [1.54, 1.807) is 13.8 Å². The Balaban J connectivity index is 1.57. The van der Waals surface area contributed by atoms with Crippen molar-refractivity contribution in [3.8, 4) is 5.75 Å². The smallest absolute Gasteiger partial charge is 0.350 e. The Morgan fingerprint density at radius 1 is 1.28 bits per heavy atom. The van der Waals surface area contributed by atoms with Crippen LogP contribution in [0.5, 0.6) is 5.75 Å². The summed E-state index contributed by atoms with van der Waals surface area (Å²) >= 11 is 2.35. The predicted molar refractivity (Wildman–Crippen MR) is 123 cm³/mol. The second-order valence-electron chi connectivity index (χ2n) is 6.97. The minimum absolute atomic E-state index is 0.118. The number of amides is 1.